The Morgan fingerprint density at radius 1 is 1.13 bits per heavy atom. The van der Waals surface area contributed by atoms with Gasteiger partial charge < -0.3 is 4.90 Å². The van der Waals surface area contributed by atoms with Crippen molar-refractivity contribution in [2.75, 3.05) is 12.3 Å². The molecule has 2 aliphatic heterocycles. The summed E-state index contributed by atoms with van der Waals surface area (Å²) in [4.78, 5) is 14.5. The molecule has 0 radical (unpaired) electrons. The van der Waals surface area contributed by atoms with Crippen LogP contribution in [0.2, 0.25) is 5.02 Å². The summed E-state index contributed by atoms with van der Waals surface area (Å²) in [6.45, 7) is 0.787. The maximum absolute atomic E-state index is 12.9. The molecule has 0 spiro atoms. The Morgan fingerprint density at radius 3 is 2.91 bits per heavy atom. The number of thioether (sulfide) groups is 1. The summed E-state index contributed by atoms with van der Waals surface area (Å²) in [5.41, 5.74) is 5.72. The highest BCUT2D eigenvalue weighted by Crippen LogP contribution is 2.59. The highest BCUT2D eigenvalue weighted by molar-refractivity contribution is 8.01. The van der Waals surface area contributed by atoms with E-state index in [1.807, 2.05) is 34.9 Å². The number of hydrogen-bond donors (Lipinski definition) is 0. The number of rotatable bonds is 1. The van der Waals surface area contributed by atoms with Gasteiger partial charge in [-0.2, -0.15) is 0 Å². The molecule has 1 amide bonds. The van der Waals surface area contributed by atoms with Gasteiger partial charge >= 0.3 is 0 Å². The zero-order chi connectivity index (χ0) is 15.6. The Kier molecular flexibility index (Phi) is 2.77. The Morgan fingerprint density at radius 2 is 2.00 bits per heavy atom. The van der Waals surface area contributed by atoms with E-state index >= 15 is 0 Å². The quantitative estimate of drug-likeness (QED) is 0.770. The number of hydrogen-bond acceptors (Lipinski definition) is 2. The first-order chi connectivity index (χ1) is 11.2. The van der Waals surface area contributed by atoms with E-state index in [0.29, 0.717) is 5.02 Å². The molecule has 1 saturated heterocycles. The van der Waals surface area contributed by atoms with Crippen LogP contribution in [0.4, 0.5) is 0 Å². The average molecular weight is 340 g/mol. The fourth-order valence-electron chi connectivity index (χ4n) is 4.09. The van der Waals surface area contributed by atoms with Crippen molar-refractivity contribution in [2.24, 2.45) is 0 Å². The molecular weight excluding hydrogens is 326 g/mol. The highest BCUT2D eigenvalue weighted by Gasteiger charge is 2.56. The maximum atomic E-state index is 12.9. The molecule has 3 aliphatic rings. The predicted octanol–water partition coefficient (Wildman–Crippen LogP) is 4.34. The van der Waals surface area contributed by atoms with Gasteiger partial charge in [-0.25, -0.2) is 0 Å². The molecule has 23 heavy (non-hydrogen) atoms. The van der Waals surface area contributed by atoms with Gasteiger partial charge in [0.2, 0.25) is 0 Å². The topological polar surface area (TPSA) is 20.3 Å². The summed E-state index contributed by atoms with van der Waals surface area (Å²) in [5, 5.41) is 0.692. The molecule has 114 valence electrons. The van der Waals surface area contributed by atoms with Gasteiger partial charge in [0.25, 0.3) is 5.91 Å². The van der Waals surface area contributed by atoms with Crippen LogP contribution in [0, 0.1) is 0 Å². The van der Waals surface area contributed by atoms with Crippen molar-refractivity contribution in [3.05, 3.63) is 75.8 Å². The monoisotopic (exact) mass is 339 g/mol. The first-order valence-corrected chi connectivity index (χ1v) is 9.13. The van der Waals surface area contributed by atoms with Gasteiger partial charge in [-0.1, -0.05) is 41.9 Å². The molecule has 2 nitrogen and oxygen atoms in total. The number of carbonyl (C=O) groups excluding carboxylic acids is 1. The second kappa shape index (κ2) is 4.65. The van der Waals surface area contributed by atoms with E-state index in [0.717, 1.165) is 29.8 Å². The van der Waals surface area contributed by atoms with E-state index in [1.54, 1.807) is 0 Å². The summed E-state index contributed by atoms with van der Waals surface area (Å²) in [7, 11) is 0. The van der Waals surface area contributed by atoms with E-state index in [4.69, 9.17) is 11.6 Å². The molecule has 0 N–H and O–H groups in total. The van der Waals surface area contributed by atoms with E-state index in [2.05, 4.69) is 30.3 Å². The molecule has 2 aromatic carbocycles. The number of benzene rings is 2. The minimum atomic E-state index is -0.399. The number of carbonyl (C=O) groups is 1. The summed E-state index contributed by atoms with van der Waals surface area (Å²) < 4.78 is 0. The first-order valence-electron chi connectivity index (χ1n) is 7.77. The second-order valence-corrected chi connectivity index (χ2v) is 7.84. The van der Waals surface area contributed by atoms with Gasteiger partial charge in [-0.05, 0) is 41.3 Å². The van der Waals surface area contributed by atoms with Crippen molar-refractivity contribution < 1.29 is 4.79 Å². The fourth-order valence-corrected chi connectivity index (χ4v) is 5.83. The van der Waals surface area contributed by atoms with Gasteiger partial charge in [0, 0.05) is 28.4 Å². The van der Waals surface area contributed by atoms with Gasteiger partial charge in [0.05, 0.1) is 0 Å². The van der Waals surface area contributed by atoms with Crippen LogP contribution in [0.25, 0.3) is 5.57 Å². The molecular formula is C19H14ClNOS. The maximum Gasteiger partial charge on any atom is 0.255 e. The zero-order valence-electron chi connectivity index (χ0n) is 12.4. The molecule has 1 aliphatic carbocycles. The molecule has 0 saturated carbocycles. The van der Waals surface area contributed by atoms with Crippen molar-refractivity contribution in [1.29, 1.82) is 0 Å². The molecule has 1 atom stereocenters. The molecule has 4 heteroatoms. The van der Waals surface area contributed by atoms with Crippen molar-refractivity contribution in [2.45, 2.75) is 11.3 Å². The number of halogens is 1. The highest BCUT2D eigenvalue weighted by atomic mass is 35.5. The Balaban J connectivity index is 1.79. The lowest BCUT2D eigenvalue weighted by Crippen LogP contribution is -2.37. The van der Waals surface area contributed by atoms with Crippen molar-refractivity contribution in [3.63, 3.8) is 0 Å². The third-order valence-electron chi connectivity index (χ3n) is 5.03. The fraction of sp³-hybridized carbons (Fsp3) is 0.211. The van der Waals surface area contributed by atoms with Gasteiger partial charge in [0.1, 0.15) is 4.87 Å². The van der Waals surface area contributed by atoms with Crippen LogP contribution in [0.1, 0.15) is 27.0 Å². The van der Waals surface area contributed by atoms with Crippen molar-refractivity contribution in [1.82, 2.24) is 4.90 Å². The summed E-state index contributed by atoms with van der Waals surface area (Å²) in [6, 6.07) is 14.2. The van der Waals surface area contributed by atoms with E-state index in [9.17, 15) is 4.79 Å². The van der Waals surface area contributed by atoms with Crippen LogP contribution in [-0.2, 0) is 11.3 Å². The van der Waals surface area contributed by atoms with Gasteiger partial charge in [0.15, 0.2) is 0 Å². The lowest BCUT2D eigenvalue weighted by Gasteiger charge is -2.34. The van der Waals surface area contributed by atoms with Crippen LogP contribution >= 0.6 is 23.4 Å². The molecule has 5 rings (SSSR count). The third kappa shape index (κ3) is 1.64. The summed E-state index contributed by atoms with van der Waals surface area (Å²) in [6.07, 6.45) is 3.23. The van der Waals surface area contributed by atoms with Crippen LogP contribution in [0.3, 0.4) is 0 Å². The third-order valence-corrected chi connectivity index (χ3v) is 6.73. The standard InChI is InChI=1S/C19H14ClNOS/c20-13-6-7-15-17(11-13)19(21(18(15)22)9-10-23-19)16-8-5-12-3-1-2-4-14(12)16/h1-4,6-8,11H,5,9-10H2. The number of fused-ring (bicyclic) bond motifs is 4. The largest absolute Gasteiger partial charge is 0.315 e. The van der Waals surface area contributed by atoms with Gasteiger partial charge in [-0.15, -0.1) is 11.8 Å². The lowest BCUT2D eigenvalue weighted by molar-refractivity contribution is 0.0763. The van der Waals surface area contributed by atoms with Crippen molar-refractivity contribution in [3.8, 4) is 0 Å². The molecule has 0 bridgehead atoms. The van der Waals surface area contributed by atoms with E-state index in [-0.39, 0.29) is 5.91 Å². The van der Waals surface area contributed by atoms with Crippen LogP contribution in [0.5, 0.6) is 0 Å². The Bertz CT molecular complexity index is 891. The van der Waals surface area contributed by atoms with Crippen LogP contribution < -0.4 is 0 Å². The smallest absolute Gasteiger partial charge is 0.255 e. The Labute approximate surface area is 144 Å². The minimum absolute atomic E-state index is 0.131. The summed E-state index contributed by atoms with van der Waals surface area (Å²) in [5.74, 6) is 1.09. The zero-order valence-corrected chi connectivity index (χ0v) is 14.0. The van der Waals surface area contributed by atoms with Crippen molar-refractivity contribution >= 4 is 34.8 Å². The lowest BCUT2D eigenvalue weighted by atomic mass is 9.93. The predicted molar refractivity (Wildman–Crippen MR) is 94.7 cm³/mol. The van der Waals surface area contributed by atoms with Crippen LogP contribution in [0.15, 0.2) is 48.5 Å². The minimum Gasteiger partial charge on any atom is -0.315 e. The SMILES string of the molecule is O=C1c2ccc(Cl)cc2C2(C3=CCc4ccccc43)SCCN12. The molecule has 2 aromatic rings. The second-order valence-electron chi connectivity index (χ2n) is 6.12. The first kappa shape index (κ1) is 13.7. The van der Waals surface area contributed by atoms with E-state index in [1.165, 1.54) is 16.7 Å². The Hall–Kier alpha value is -1.71. The van der Waals surface area contributed by atoms with Crippen LogP contribution in [-0.4, -0.2) is 23.1 Å². The molecule has 2 heterocycles. The molecule has 0 aromatic heterocycles. The number of amides is 1. The molecule has 1 fully saturated rings. The number of nitrogens with zero attached hydrogens (tertiary/aromatic N) is 1. The normalized spacial score (nSPS) is 24.5. The summed E-state index contributed by atoms with van der Waals surface area (Å²) >= 11 is 8.13. The average Bonchev–Trinajstić information content (AvgIpc) is 3.22. The van der Waals surface area contributed by atoms with E-state index < -0.39 is 4.87 Å². The number of allylic oxidation sites excluding steroid dienone is 1. The molecule has 1 unspecified atom stereocenters. The van der Waals surface area contributed by atoms with Gasteiger partial charge in [-0.3, -0.25) is 4.79 Å².